The van der Waals surface area contributed by atoms with Gasteiger partial charge in [0.25, 0.3) is 0 Å². The van der Waals surface area contributed by atoms with Crippen LogP contribution in [0, 0.1) is 0 Å². The van der Waals surface area contributed by atoms with Gasteiger partial charge in [0.15, 0.2) is 0 Å². The van der Waals surface area contributed by atoms with Gasteiger partial charge in [-0.3, -0.25) is 0 Å². The maximum atomic E-state index is 11.3. The number of ether oxygens (including phenoxy) is 1. The first-order chi connectivity index (χ1) is 6.33. The molecular formula is C9H11NO3. The normalized spacial score (nSPS) is 20.8. The summed E-state index contributed by atoms with van der Waals surface area (Å²) >= 11 is 0. The molecule has 0 spiro atoms. The molecule has 2 rings (SSSR count). The Labute approximate surface area is 75.9 Å². The molecule has 0 amide bonds. The second-order valence-corrected chi connectivity index (χ2v) is 2.96. The number of fused-ring (bicyclic) bond motifs is 1. The number of hydrogen-bond acceptors (Lipinski definition) is 4. The number of furan rings is 1. The average molecular weight is 181 g/mol. The molecule has 0 bridgehead atoms. The molecule has 4 nitrogen and oxygen atoms in total. The number of carbonyl (C=O) groups excluding carboxylic acids is 1. The Morgan fingerprint density at radius 1 is 1.77 bits per heavy atom. The number of methoxy groups -OCH3 is 1. The van der Waals surface area contributed by atoms with E-state index in [-0.39, 0.29) is 12.0 Å². The van der Waals surface area contributed by atoms with Crippen LogP contribution in [-0.4, -0.2) is 19.6 Å². The van der Waals surface area contributed by atoms with Gasteiger partial charge in [-0.25, -0.2) is 4.79 Å². The highest BCUT2D eigenvalue weighted by Crippen LogP contribution is 2.24. The van der Waals surface area contributed by atoms with Crippen molar-refractivity contribution < 1.29 is 13.9 Å². The molecule has 0 radical (unpaired) electrons. The van der Waals surface area contributed by atoms with Crippen LogP contribution >= 0.6 is 0 Å². The lowest BCUT2D eigenvalue weighted by Crippen LogP contribution is -2.35. The van der Waals surface area contributed by atoms with E-state index < -0.39 is 0 Å². The topological polar surface area (TPSA) is 51.5 Å². The summed E-state index contributed by atoms with van der Waals surface area (Å²) in [6.45, 7) is 0.750. The molecule has 4 heteroatoms. The second kappa shape index (κ2) is 3.22. The van der Waals surface area contributed by atoms with Crippen molar-refractivity contribution in [3.05, 3.63) is 23.7 Å². The molecule has 0 fully saturated rings. The number of esters is 1. The summed E-state index contributed by atoms with van der Waals surface area (Å²) in [5, 5.41) is 3.08. The summed E-state index contributed by atoms with van der Waals surface area (Å²) in [6.07, 6.45) is 2.43. The summed E-state index contributed by atoms with van der Waals surface area (Å²) < 4.78 is 9.91. The Morgan fingerprint density at radius 3 is 3.38 bits per heavy atom. The van der Waals surface area contributed by atoms with E-state index in [4.69, 9.17) is 4.42 Å². The monoisotopic (exact) mass is 181 g/mol. The maximum Gasteiger partial charge on any atom is 0.327 e. The molecule has 1 aliphatic rings. The van der Waals surface area contributed by atoms with Crippen molar-refractivity contribution in [3.8, 4) is 0 Å². The van der Waals surface area contributed by atoms with Crippen molar-refractivity contribution in [1.29, 1.82) is 0 Å². The standard InChI is InChI=1S/C9H11NO3/c1-12-9(11)8-6-3-5-13-7(6)2-4-10-8/h3,5,8,10H,2,4H2,1H3. The number of nitrogens with one attached hydrogen (secondary N) is 1. The lowest BCUT2D eigenvalue weighted by Gasteiger charge is -2.20. The van der Waals surface area contributed by atoms with E-state index in [1.165, 1.54) is 7.11 Å². The number of carbonyl (C=O) groups is 1. The van der Waals surface area contributed by atoms with Gasteiger partial charge in [-0.2, -0.15) is 0 Å². The van der Waals surface area contributed by atoms with Crippen LogP contribution in [0.2, 0.25) is 0 Å². The Bertz CT molecular complexity index is 318. The summed E-state index contributed by atoms with van der Waals surface area (Å²) in [5.74, 6) is 0.622. The largest absolute Gasteiger partial charge is 0.469 e. The average Bonchev–Trinajstić information content (AvgIpc) is 2.63. The Kier molecular flexibility index (Phi) is 2.06. The highest BCUT2D eigenvalue weighted by atomic mass is 16.5. The summed E-state index contributed by atoms with van der Waals surface area (Å²) in [5.41, 5.74) is 0.901. The molecule has 2 heterocycles. The van der Waals surface area contributed by atoms with Gasteiger partial charge in [0.2, 0.25) is 0 Å². The maximum absolute atomic E-state index is 11.3. The SMILES string of the molecule is COC(=O)C1NCCc2occc21. The van der Waals surface area contributed by atoms with E-state index in [9.17, 15) is 4.79 Å². The van der Waals surface area contributed by atoms with E-state index in [2.05, 4.69) is 10.1 Å². The van der Waals surface area contributed by atoms with Gasteiger partial charge in [-0.15, -0.1) is 0 Å². The molecule has 1 atom stereocenters. The molecule has 0 saturated heterocycles. The van der Waals surface area contributed by atoms with Crippen LogP contribution < -0.4 is 5.32 Å². The minimum Gasteiger partial charge on any atom is -0.469 e. The third kappa shape index (κ3) is 1.33. The lowest BCUT2D eigenvalue weighted by molar-refractivity contribution is -0.143. The van der Waals surface area contributed by atoms with Gasteiger partial charge in [-0.1, -0.05) is 0 Å². The van der Waals surface area contributed by atoms with Crippen LogP contribution in [0.3, 0.4) is 0 Å². The van der Waals surface area contributed by atoms with Crippen LogP contribution in [-0.2, 0) is 16.0 Å². The predicted octanol–water partition coefficient (Wildman–Crippen LogP) is 0.639. The zero-order valence-electron chi connectivity index (χ0n) is 7.37. The smallest absolute Gasteiger partial charge is 0.327 e. The molecule has 70 valence electrons. The van der Waals surface area contributed by atoms with E-state index in [1.54, 1.807) is 6.26 Å². The number of hydrogen-bond donors (Lipinski definition) is 1. The van der Waals surface area contributed by atoms with Crippen molar-refractivity contribution >= 4 is 5.97 Å². The van der Waals surface area contributed by atoms with Gasteiger partial charge in [0.1, 0.15) is 11.8 Å². The van der Waals surface area contributed by atoms with Gasteiger partial charge < -0.3 is 14.5 Å². The van der Waals surface area contributed by atoms with Gasteiger partial charge in [0.05, 0.1) is 13.4 Å². The Morgan fingerprint density at radius 2 is 2.62 bits per heavy atom. The molecule has 13 heavy (non-hydrogen) atoms. The first-order valence-electron chi connectivity index (χ1n) is 4.20. The molecule has 1 unspecified atom stereocenters. The second-order valence-electron chi connectivity index (χ2n) is 2.96. The van der Waals surface area contributed by atoms with E-state index >= 15 is 0 Å². The summed E-state index contributed by atoms with van der Waals surface area (Å²) in [6, 6.07) is 1.45. The van der Waals surface area contributed by atoms with Crippen LogP contribution in [0.5, 0.6) is 0 Å². The van der Waals surface area contributed by atoms with Crippen molar-refractivity contribution in [2.45, 2.75) is 12.5 Å². The fourth-order valence-corrected chi connectivity index (χ4v) is 1.58. The first-order valence-corrected chi connectivity index (χ1v) is 4.20. The van der Waals surface area contributed by atoms with Gasteiger partial charge >= 0.3 is 5.97 Å². The quantitative estimate of drug-likeness (QED) is 0.646. The molecule has 1 aliphatic heterocycles. The van der Waals surface area contributed by atoms with Crippen LogP contribution in [0.25, 0.3) is 0 Å². The van der Waals surface area contributed by atoms with Gasteiger partial charge in [0, 0.05) is 18.5 Å². The highest BCUT2D eigenvalue weighted by Gasteiger charge is 2.28. The van der Waals surface area contributed by atoms with Crippen LogP contribution in [0.1, 0.15) is 17.4 Å². The van der Waals surface area contributed by atoms with E-state index in [0.29, 0.717) is 0 Å². The van der Waals surface area contributed by atoms with Crippen LogP contribution in [0.15, 0.2) is 16.7 Å². The molecule has 1 aromatic heterocycles. The molecule has 0 saturated carbocycles. The van der Waals surface area contributed by atoms with Gasteiger partial charge in [-0.05, 0) is 6.07 Å². The van der Waals surface area contributed by atoms with Crippen LogP contribution in [0.4, 0.5) is 0 Å². The minimum atomic E-state index is -0.354. The highest BCUT2D eigenvalue weighted by molar-refractivity contribution is 5.78. The third-order valence-electron chi connectivity index (χ3n) is 2.23. The van der Waals surface area contributed by atoms with Crippen molar-refractivity contribution in [3.63, 3.8) is 0 Å². The van der Waals surface area contributed by atoms with Crippen molar-refractivity contribution in [2.24, 2.45) is 0 Å². The third-order valence-corrected chi connectivity index (χ3v) is 2.23. The number of rotatable bonds is 1. The zero-order valence-corrected chi connectivity index (χ0v) is 7.37. The fourth-order valence-electron chi connectivity index (χ4n) is 1.58. The Hall–Kier alpha value is -1.29. The molecule has 1 aromatic rings. The first kappa shape index (κ1) is 8.31. The summed E-state index contributed by atoms with van der Waals surface area (Å²) in [4.78, 5) is 11.3. The fraction of sp³-hybridized carbons (Fsp3) is 0.444. The molecule has 1 N–H and O–H groups in total. The molecule has 0 aliphatic carbocycles. The van der Waals surface area contributed by atoms with Crippen molar-refractivity contribution in [1.82, 2.24) is 5.32 Å². The predicted molar refractivity (Wildman–Crippen MR) is 45.2 cm³/mol. The molecule has 0 aromatic carbocycles. The van der Waals surface area contributed by atoms with E-state index in [1.807, 2.05) is 6.07 Å². The molecular weight excluding hydrogens is 170 g/mol. The van der Waals surface area contributed by atoms with E-state index in [0.717, 1.165) is 24.3 Å². The Balaban J connectivity index is 2.30. The zero-order chi connectivity index (χ0) is 9.26. The lowest BCUT2D eigenvalue weighted by atomic mass is 10.0. The van der Waals surface area contributed by atoms with Crippen molar-refractivity contribution in [2.75, 3.05) is 13.7 Å². The minimum absolute atomic E-state index is 0.262. The summed E-state index contributed by atoms with van der Waals surface area (Å²) in [7, 11) is 1.39.